The molecule has 1 aliphatic heterocycles. The summed E-state index contributed by atoms with van der Waals surface area (Å²) in [5.41, 5.74) is 2.09. The standard InChI is InChI=1S/C22H24N4O2S/c1-15(27)24-11-13-25(14-12-24)22-23-20-19(17-9-5-6-10-18(17)29-20)21(28)26(22)16-7-3-2-4-8-16/h2-4,7-8H,5-6,9-14H2,1H3. The quantitative estimate of drug-likeness (QED) is 0.654. The number of nitrogens with zero attached hydrogens (tertiary/aromatic N) is 4. The zero-order chi connectivity index (χ0) is 20.0. The molecule has 2 aliphatic rings. The van der Waals surface area contributed by atoms with Crippen molar-refractivity contribution in [3.63, 3.8) is 0 Å². The van der Waals surface area contributed by atoms with Crippen LogP contribution in [0.25, 0.3) is 15.9 Å². The van der Waals surface area contributed by atoms with E-state index in [0.717, 1.165) is 35.2 Å². The number of piperazine rings is 1. The van der Waals surface area contributed by atoms with E-state index in [-0.39, 0.29) is 11.5 Å². The van der Waals surface area contributed by atoms with Gasteiger partial charge < -0.3 is 9.80 Å². The van der Waals surface area contributed by atoms with Gasteiger partial charge in [-0.25, -0.2) is 9.55 Å². The molecule has 1 aliphatic carbocycles. The van der Waals surface area contributed by atoms with Gasteiger partial charge in [-0.3, -0.25) is 9.59 Å². The molecule has 7 heteroatoms. The molecule has 0 N–H and O–H groups in total. The zero-order valence-electron chi connectivity index (χ0n) is 16.6. The van der Waals surface area contributed by atoms with Crippen LogP contribution in [0.3, 0.4) is 0 Å². The van der Waals surface area contributed by atoms with Gasteiger partial charge in [0, 0.05) is 38.0 Å². The van der Waals surface area contributed by atoms with E-state index in [1.54, 1.807) is 22.8 Å². The fraction of sp³-hybridized carbons (Fsp3) is 0.409. The van der Waals surface area contributed by atoms with Crippen LogP contribution in [0.4, 0.5) is 5.95 Å². The summed E-state index contributed by atoms with van der Waals surface area (Å²) in [6, 6.07) is 9.78. The predicted molar refractivity (Wildman–Crippen MR) is 116 cm³/mol. The summed E-state index contributed by atoms with van der Waals surface area (Å²) in [6.07, 6.45) is 4.34. The van der Waals surface area contributed by atoms with Gasteiger partial charge in [0.1, 0.15) is 4.83 Å². The van der Waals surface area contributed by atoms with E-state index in [9.17, 15) is 9.59 Å². The van der Waals surface area contributed by atoms with Crippen molar-refractivity contribution in [2.24, 2.45) is 0 Å². The molecule has 0 radical (unpaired) electrons. The third-order valence-corrected chi connectivity index (χ3v) is 7.18. The Labute approximate surface area is 173 Å². The molecule has 0 bridgehead atoms. The number of para-hydroxylation sites is 1. The van der Waals surface area contributed by atoms with Gasteiger partial charge in [0.2, 0.25) is 11.9 Å². The van der Waals surface area contributed by atoms with Crippen LogP contribution in [0.5, 0.6) is 0 Å². The van der Waals surface area contributed by atoms with Crippen LogP contribution >= 0.6 is 11.3 Å². The smallest absolute Gasteiger partial charge is 0.268 e. The van der Waals surface area contributed by atoms with Gasteiger partial charge in [0.05, 0.1) is 11.1 Å². The van der Waals surface area contributed by atoms with E-state index in [1.165, 1.54) is 16.9 Å². The number of hydrogen-bond donors (Lipinski definition) is 0. The van der Waals surface area contributed by atoms with Gasteiger partial charge in [-0.05, 0) is 43.4 Å². The van der Waals surface area contributed by atoms with Gasteiger partial charge >= 0.3 is 0 Å². The number of aryl methyl sites for hydroxylation is 2. The van der Waals surface area contributed by atoms with Gasteiger partial charge in [0.25, 0.3) is 5.56 Å². The highest BCUT2D eigenvalue weighted by Gasteiger charge is 2.27. The van der Waals surface area contributed by atoms with Gasteiger partial charge in [-0.1, -0.05) is 18.2 Å². The molecule has 2 aromatic heterocycles. The lowest BCUT2D eigenvalue weighted by molar-refractivity contribution is -0.129. The molecule has 1 fully saturated rings. The summed E-state index contributed by atoms with van der Waals surface area (Å²) >= 11 is 1.69. The molecule has 1 aromatic carbocycles. The van der Waals surface area contributed by atoms with Crippen molar-refractivity contribution < 1.29 is 4.79 Å². The molecule has 0 spiro atoms. The van der Waals surface area contributed by atoms with Crippen LogP contribution in [0.2, 0.25) is 0 Å². The summed E-state index contributed by atoms with van der Waals surface area (Å²) in [6.45, 7) is 4.26. The minimum atomic E-state index is 0.0320. The van der Waals surface area contributed by atoms with E-state index >= 15 is 0 Å². The highest BCUT2D eigenvalue weighted by Crippen LogP contribution is 2.35. The van der Waals surface area contributed by atoms with Gasteiger partial charge in [0.15, 0.2) is 0 Å². The lowest BCUT2D eigenvalue weighted by Gasteiger charge is -2.35. The summed E-state index contributed by atoms with van der Waals surface area (Å²) in [4.78, 5) is 36.6. The normalized spacial score (nSPS) is 16.9. The van der Waals surface area contributed by atoms with Crippen molar-refractivity contribution >= 4 is 33.4 Å². The topological polar surface area (TPSA) is 58.4 Å². The maximum absolute atomic E-state index is 13.7. The molecule has 3 heterocycles. The predicted octanol–water partition coefficient (Wildman–Crippen LogP) is 2.99. The van der Waals surface area contributed by atoms with E-state index < -0.39 is 0 Å². The number of rotatable bonds is 2. The maximum Gasteiger partial charge on any atom is 0.268 e. The lowest BCUT2D eigenvalue weighted by atomic mass is 9.97. The zero-order valence-corrected chi connectivity index (χ0v) is 17.4. The van der Waals surface area contributed by atoms with E-state index in [2.05, 4.69) is 4.90 Å². The SMILES string of the molecule is CC(=O)N1CCN(c2nc3sc4c(c3c(=O)n2-c2ccccc2)CCCC4)CC1. The fourth-order valence-electron chi connectivity index (χ4n) is 4.44. The third kappa shape index (κ3) is 3.13. The Morgan fingerprint density at radius 2 is 1.76 bits per heavy atom. The number of aromatic nitrogens is 2. The molecular weight excluding hydrogens is 384 g/mol. The Bertz CT molecular complexity index is 1130. The summed E-state index contributed by atoms with van der Waals surface area (Å²) in [5.74, 6) is 0.787. The lowest BCUT2D eigenvalue weighted by Crippen LogP contribution is -2.49. The van der Waals surface area contributed by atoms with Gasteiger partial charge in [-0.15, -0.1) is 11.3 Å². The Morgan fingerprint density at radius 1 is 1.03 bits per heavy atom. The number of carbonyl (C=O) groups is 1. The highest BCUT2D eigenvalue weighted by molar-refractivity contribution is 7.18. The molecule has 6 nitrogen and oxygen atoms in total. The second-order valence-corrected chi connectivity index (χ2v) is 8.86. The minimum absolute atomic E-state index is 0.0320. The summed E-state index contributed by atoms with van der Waals surface area (Å²) in [7, 11) is 0. The summed E-state index contributed by atoms with van der Waals surface area (Å²) < 4.78 is 1.77. The first-order valence-electron chi connectivity index (χ1n) is 10.3. The van der Waals surface area contributed by atoms with Gasteiger partial charge in [-0.2, -0.15) is 0 Å². The number of thiophene rings is 1. The Hall–Kier alpha value is -2.67. The van der Waals surface area contributed by atoms with Crippen LogP contribution < -0.4 is 10.5 Å². The van der Waals surface area contributed by atoms with Crippen LogP contribution in [0, 0.1) is 0 Å². The van der Waals surface area contributed by atoms with Crippen LogP contribution in [-0.4, -0.2) is 46.5 Å². The number of hydrogen-bond acceptors (Lipinski definition) is 5. The molecule has 1 amide bonds. The fourth-order valence-corrected chi connectivity index (χ4v) is 5.68. The van der Waals surface area contributed by atoms with Crippen molar-refractivity contribution in [3.05, 3.63) is 51.1 Å². The first-order chi connectivity index (χ1) is 14.1. The number of anilines is 1. The first-order valence-corrected chi connectivity index (χ1v) is 11.1. The van der Waals surface area contributed by atoms with E-state index in [0.29, 0.717) is 32.1 Å². The number of carbonyl (C=O) groups excluding carboxylic acids is 1. The van der Waals surface area contributed by atoms with Crippen LogP contribution in [0.15, 0.2) is 35.1 Å². The molecule has 29 heavy (non-hydrogen) atoms. The monoisotopic (exact) mass is 408 g/mol. The molecule has 0 unspecified atom stereocenters. The minimum Gasteiger partial charge on any atom is -0.339 e. The molecule has 0 atom stereocenters. The van der Waals surface area contributed by atoms with Crippen molar-refractivity contribution in [2.75, 3.05) is 31.1 Å². The second-order valence-electron chi connectivity index (χ2n) is 7.77. The van der Waals surface area contributed by atoms with E-state index in [1.807, 2.05) is 35.2 Å². The van der Waals surface area contributed by atoms with Crippen molar-refractivity contribution in [1.82, 2.24) is 14.5 Å². The Kier molecular flexibility index (Phi) is 4.62. The molecule has 3 aromatic rings. The van der Waals surface area contributed by atoms with Crippen molar-refractivity contribution in [3.8, 4) is 5.69 Å². The Morgan fingerprint density at radius 3 is 2.48 bits per heavy atom. The van der Waals surface area contributed by atoms with Crippen LogP contribution in [-0.2, 0) is 17.6 Å². The van der Waals surface area contributed by atoms with E-state index in [4.69, 9.17) is 4.98 Å². The second kappa shape index (κ2) is 7.30. The molecule has 0 saturated carbocycles. The van der Waals surface area contributed by atoms with Crippen molar-refractivity contribution in [1.29, 1.82) is 0 Å². The number of benzene rings is 1. The summed E-state index contributed by atoms with van der Waals surface area (Å²) in [5, 5.41) is 0.805. The van der Waals surface area contributed by atoms with Crippen molar-refractivity contribution in [2.45, 2.75) is 32.6 Å². The number of fused-ring (bicyclic) bond motifs is 3. The molecule has 150 valence electrons. The highest BCUT2D eigenvalue weighted by atomic mass is 32.1. The third-order valence-electron chi connectivity index (χ3n) is 5.99. The largest absolute Gasteiger partial charge is 0.339 e. The molecule has 5 rings (SSSR count). The molecular formula is C22H24N4O2S. The maximum atomic E-state index is 13.7. The molecule has 1 saturated heterocycles. The Balaban J connectivity index is 1.68. The van der Waals surface area contributed by atoms with Crippen LogP contribution in [0.1, 0.15) is 30.2 Å². The average molecular weight is 409 g/mol. The average Bonchev–Trinajstić information content (AvgIpc) is 3.13. The number of amides is 1. The first kappa shape index (κ1) is 18.4.